The molecule has 1 nitrogen and oxygen atoms in total. The summed E-state index contributed by atoms with van der Waals surface area (Å²) >= 11 is 0. The first-order valence-electron chi connectivity index (χ1n) is 14.4. The van der Waals surface area contributed by atoms with Gasteiger partial charge in [-0.15, -0.1) is 0 Å². The van der Waals surface area contributed by atoms with Crippen LogP contribution in [0.4, 0.5) is 0 Å². The van der Waals surface area contributed by atoms with Crippen molar-refractivity contribution in [3.8, 4) is 44.5 Å². The van der Waals surface area contributed by atoms with Crippen molar-refractivity contribution in [2.75, 3.05) is 0 Å². The molecular formula is C41H27N. The quantitative estimate of drug-likeness (QED) is 0.205. The topological polar surface area (TPSA) is 12.9 Å². The Kier molecular flexibility index (Phi) is 5.86. The summed E-state index contributed by atoms with van der Waals surface area (Å²) < 4.78 is 0. The molecule has 8 rings (SSSR count). The first-order chi connectivity index (χ1) is 20.8. The Labute approximate surface area is 245 Å². The van der Waals surface area contributed by atoms with E-state index < -0.39 is 0 Å². The van der Waals surface area contributed by atoms with Gasteiger partial charge in [-0.3, -0.25) is 4.98 Å². The van der Waals surface area contributed by atoms with Crippen LogP contribution >= 0.6 is 0 Å². The number of hydrogen-bond acceptors (Lipinski definition) is 1. The van der Waals surface area contributed by atoms with E-state index in [9.17, 15) is 0 Å². The second kappa shape index (κ2) is 10.1. The Hall–Kier alpha value is -5.53. The van der Waals surface area contributed by atoms with Crippen molar-refractivity contribution in [3.63, 3.8) is 0 Å². The zero-order valence-electron chi connectivity index (χ0n) is 23.0. The minimum atomic E-state index is 1.17. The van der Waals surface area contributed by atoms with Crippen molar-refractivity contribution in [1.82, 2.24) is 4.98 Å². The smallest absolute Gasteiger partial charge is 0.0353 e. The lowest BCUT2D eigenvalue weighted by Gasteiger charge is -2.19. The molecule has 0 saturated carbocycles. The van der Waals surface area contributed by atoms with Crippen LogP contribution in [0.3, 0.4) is 0 Å². The van der Waals surface area contributed by atoms with Crippen LogP contribution in [0, 0.1) is 0 Å². The molecule has 1 heterocycles. The zero-order chi connectivity index (χ0) is 27.9. The normalized spacial score (nSPS) is 11.3. The Bertz CT molecular complexity index is 2210. The fourth-order valence-corrected chi connectivity index (χ4v) is 6.31. The van der Waals surface area contributed by atoms with Crippen molar-refractivity contribution in [3.05, 3.63) is 164 Å². The number of rotatable bonds is 4. The minimum Gasteiger partial charge on any atom is -0.264 e. The highest BCUT2D eigenvalue weighted by molar-refractivity contribution is 6.22. The second-order valence-corrected chi connectivity index (χ2v) is 10.8. The van der Waals surface area contributed by atoms with Gasteiger partial charge in [0.15, 0.2) is 0 Å². The predicted molar refractivity (Wildman–Crippen MR) is 178 cm³/mol. The molecule has 196 valence electrons. The Morgan fingerprint density at radius 2 is 0.857 bits per heavy atom. The molecule has 8 aromatic rings. The highest BCUT2D eigenvalue weighted by Crippen LogP contribution is 2.45. The van der Waals surface area contributed by atoms with E-state index in [0.29, 0.717) is 0 Å². The van der Waals surface area contributed by atoms with Gasteiger partial charge in [0.25, 0.3) is 0 Å². The molecule has 0 aliphatic carbocycles. The molecule has 0 amide bonds. The van der Waals surface area contributed by atoms with Crippen LogP contribution in [0.2, 0.25) is 0 Å². The maximum Gasteiger partial charge on any atom is 0.0353 e. The van der Waals surface area contributed by atoms with Crippen molar-refractivity contribution in [2.24, 2.45) is 0 Å². The van der Waals surface area contributed by atoms with Crippen LogP contribution in [-0.2, 0) is 0 Å². The van der Waals surface area contributed by atoms with E-state index in [4.69, 9.17) is 0 Å². The fraction of sp³-hybridized carbons (Fsp3) is 0. The molecule has 0 spiro atoms. The van der Waals surface area contributed by atoms with E-state index in [-0.39, 0.29) is 0 Å². The summed E-state index contributed by atoms with van der Waals surface area (Å²) in [4.78, 5) is 4.60. The summed E-state index contributed by atoms with van der Waals surface area (Å²) in [5, 5.41) is 7.34. The van der Waals surface area contributed by atoms with Crippen molar-refractivity contribution >= 4 is 32.3 Å². The molecule has 0 N–H and O–H groups in total. The average Bonchev–Trinajstić information content (AvgIpc) is 3.07. The highest BCUT2D eigenvalue weighted by atomic mass is 14.6. The molecule has 0 fully saturated rings. The van der Waals surface area contributed by atoms with Crippen molar-refractivity contribution < 1.29 is 0 Å². The van der Waals surface area contributed by atoms with Crippen molar-refractivity contribution in [1.29, 1.82) is 0 Å². The summed E-state index contributed by atoms with van der Waals surface area (Å²) in [5.41, 5.74) is 9.75. The Morgan fingerprint density at radius 1 is 0.310 bits per heavy atom. The van der Waals surface area contributed by atoms with E-state index in [1.807, 2.05) is 12.4 Å². The van der Waals surface area contributed by atoms with Gasteiger partial charge in [0.2, 0.25) is 0 Å². The van der Waals surface area contributed by atoms with Crippen LogP contribution in [0.15, 0.2) is 164 Å². The third-order valence-electron chi connectivity index (χ3n) is 8.34. The van der Waals surface area contributed by atoms with Crippen LogP contribution in [0.5, 0.6) is 0 Å². The van der Waals surface area contributed by atoms with E-state index in [1.165, 1.54) is 76.8 Å². The standard InChI is InChI=1S/C41H27N/c1-3-9-28(10-4-1)30-15-17-31(18-16-30)34-21-22-36-38(26-34)40(32-12-5-2-6-13-32)37-23-24-42-27-39(37)41(36)35-20-19-29-11-7-8-14-33(29)25-35/h1-27H. The number of benzene rings is 7. The third-order valence-corrected chi connectivity index (χ3v) is 8.34. The van der Waals surface area contributed by atoms with Gasteiger partial charge in [-0.2, -0.15) is 0 Å². The molecule has 0 bridgehead atoms. The van der Waals surface area contributed by atoms with Gasteiger partial charge in [0.05, 0.1) is 0 Å². The van der Waals surface area contributed by atoms with E-state index in [1.54, 1.807) is 0 Å². The van der Waals surface area contributed by atoms with Gasteiger partial charge in [-0.1, -0.05) is 133 Å². The molecule has 1 aromatic heterocycles. The third kappa shape index (κ3) is 4.15. The maximum absolute atomic E-state index is 4.60. The number of pyridine rings is 1. The molecule has 42 heavy (non-hydrogen) atoms. The van der Waals surface area contributed by atoms with E-state index in [2.05, 4.69) is 157 Å². The monoisotopic (exact) mass is 533 g/mol. The minimum absolute atomic E-state index is 1.17. The molecule has 0 unspecified atom stereocenters. The van der Waals surface area contributed by atoms with Gasteiger partial charge < -0.3 is 0 Å². The SMILES string of the molecule is c1ccc(-c2ccc(-c3ccc4c(-c5ccc6ccccc6c5)c5cnccc5c(-c5ccccc5)c4c3)cc2)cc1. The first-order valence-corrected chi connectivity index (χ1v) is 14.4. The summed E-state index contributed by atoms with van der Waals surface area (Å²) in [6, 6.07) is 54.7. The van der Waals surface area contributed by atoms with Crippen LogP contribution in [0.1, 0.15) is 0 Å². The summed E-state index contributed by atoms with van der Waals surface area (Å²) in [6.45, 7) is 0. The molecule has 0 aliphatic heterocycles. The van der Waals surface area contributed by atoms with Gasteiger partial charge in [0.1, 0.15) is 0 Å². The number of hydrogen-bond donors (Lipinski definition) is 0. The van der Waals surface area contributed by atoms with Crippen LogP contribution in [0.25, 0.3) is 76.8 Å². The van der Waals surface area contributed by atoms with Gasteiger partial charge >= 0.3 is 0 Å². The van der Waals surface area contributed by atoms with Crippen LogP contribution in [-0.4, -0.2) is 4.98 Å². The Balaban J connectivity index is 1.40. The lowest BCUT2D eigenvalue weighted by atomic mass is 9.85. The highest BCUT2D eigenvalue weighted by Gasteiger charge is 2.18. The van der Waals surface area contributed by atoms with Gasteiger partial charge in [-0.05, 0) is 89.6 Å². The molecule has 1 heteroatoms. The molecular weight excluding hydrogens is 506 g/mol. The second-order valence-electron chi connectivity index (χ2n) is 10.8. The maximum atomic E-state index is 4.60. The molecule has 0 atom stereocenters. The molecule has 0 aliphatic rings. The fourth-order valence-electron chi connectivity index (χ4n) is 6.31. The number of nitrogens with zero attached hydrogens (tertiary/aromatic N) is 1. The summed E-state index contributed by atoms with van der Waals surface area (Å²) in [6.07, 6.45) is 3.94. The zero-order valence-corrected chi connectivity index (χ0v) is 23.0. The molecule has 0 radical (unpaired) electrons. The van der Waals surface area contributed by atoms with Crippen molar-refractivity contribution in [2.45, 2.75) is 0 Å². The summed E-state index contributed by atoms with van der Waals surface area (Å²) in [5.74, 6) is 0. The number of fused-ring (bicyclic) bond motifs is 3. The lowest BCUT2D eigenvalue weighted by Crippen LogP contribution is -1.92. The average molecular weight is 534 g/mol. The lowest BCUT2D eigenvalue weighted by molar-refractivity contribution is 1.37. The van der Waals surface area contributed by atoms with E-state index >= 15 is 0 Å². The van der Waals surface area contributed by atoms with E-state index in [0.717, 1.165) is 0 Å². The largest absolute Gasteiger partial charge is 0.264 e. The molecule has 7 aromatic carbocycles. The van der Waals surface area contributed by atoms with Crippen LogP contribution < -0.4 is 0 Å². The summed E-state index contributed by atoms with van der Waals surface area (Å²) in [7, 11) is 0. The predicted octanol–water partition coefficient (Wildman–Crippen LogP) is 11.2. The number of aromatic nitrogens is 1. The molecule has 0 saturated heterocycles. The first kappa shape index (κ1) is 24.3. The Morgan fingerprint density at radius 3 is 1.62 bits per heavy atom. The van der Waals surface area contributed by atoms with Gasteiger partial charge in [0, 0.05) is 17.8 Å². The van der Waals surface area contributed by atoms with Gasteiger partial charge in [-0.25, -0.2) is 0 Å².